The molecule has 0 saturated carbocycles. The predicted molar refractivity (Wildman–Crippen MR) is 102 cm³/mol. The molecule has 0 radical (unpaired) electrons. The molecular weight excluding hydrogens is 364 g/mol. The van der Waals surface area contributed by atoms with E-state index in [1.54, 1.807) is 29.2 Å². The van der Waals surface area contributed by atoms with Gasteiger partial charge in [-0.15, -0.1) is 0 Å². The molecule has 0 bridgehead atoms. The van der Waals surface area contributed by atoms with E-state index in [1.807, 2.05) is 13.8 Å². The van der Waals surface area contributed by atoms with Crippen LogP contribution in [0.5, 0.6) is 0 Å². The fourth-order valence-electron chi connectivity index (χ4n) is 3.21. The number of carboxylic acids is 1. The molecule has 1 unspecified atom stereocenters. The third-order valence-corrected chi connectivity index (χ3v) is 4.74. The van der Waals surface area contributed by atoms with Gasteiger partial charge < -0.3 is 19.8 Å². The van der Waals surface area contributed by atoms with Crippen LogP contribution in [0.15, 0.2) is 24.3 Å². The number of hydrogen-bond donors (Lipinski definition) is 2. The minimum Gasteiger partial charge on any atom is -0.480 e. The summed E-state index contributed by atoms with van der Waals surface area (Å²) < 4.78 is 5.25. The molecule has 1 aliphatic rings. The fourth-order valence-corrected chi connectivity index (χ4v) is 3.21. The highest BCUT2D eigenvalue weighted by molar-refractivity contribution is 5.94. The van der Waals surface area contributed by atoms with E-state index in [2.05, 4.69) is 0 Å². The van der Waals surface area contributed by atoms with Gasteiger partial charge in [-0.05, 0) is 36.5 Å². The molecule has 1 aliphatic heterocycles. The van der Waals surface area contributed by atoms with Crippen molar-refractivity contribution in [3.05, 3.63) is 35.4 Å². The van der Waals surface area contributed by atoms with E-state index >= 15 is 0 Å². The third kappa shape index (κ3) is 5.95. The van der Waals surface area contributed by atoms with E-state index in [1.165, 1.54) is 0 Å². The Morgan fingerprint density at radius 1 is 1.11 bits per heavy atom. The number of hydrogen-bond acceptors (Lipinski definition) is 4. The normalized spacial score (nSPS) is 15.3. The second-order valence-electron chi connectivity index (χ2n) is 7.31. The Kier molecular flexibility index (Phi) is 7.80. The van der Waals surface area contributed by atoms with E-state index in [-0.39, 0.29) is 24.8 Å². The Balaban J connectivity index is 2.00. The van der Waals surface area contributed by atoms with Crippen LogP contribution in [0.2, 0.25) is 0 Å². The summed E-state index contributed by atoms with van der Waals surface area (Å²) in [5, 5.41) is 18.9. The van der Waals surface area contributed by atoms with Gasteiger partial charge in [-0.3, -0.25) is 9.69 Å². The lowest BCUT2D eigenvalue weighted by Crippen LogP contribution is -2.46. The van der Waals surface area contributed by atoms with Gasteiger partial charge >= 0.3 is 12.1 Å². The summed E-state index contributed by atoms with van der Waals surface area (Å²) in [5.41, 5.74) is 1.42. The van der Waals surface area contributed by atoms with Gasteiger partial charge in [0.2, 0.25) is 0 Å². The lowest BCUT2D eigenvalue weighted by Gasteiger charge is -2.28. The summed E-state index contributed by atoms with van der Waals surface area (Å²) in [6.07, 6.45) is -0.610. The van der Waals surface area contributed by atoms with Crippen molar-refractivity contribution in [3.63, 3.8) is 0 Å². The molecule has 8 nitrogen and oxygen atoms in total. The lowest BCUT2D eigenvalue weighted by molar-refractivity contribution is -0.143. The van der Waals surface area contributed by atoms with Crippen molar-refractivity contribution in [1.82, 2.24) is 9.80 Å². The Hall–Kier alpha value is -2.61. The highest BCUT2D eigenvalue weighted by atomic mass is 16.5. The summed E-state index contributed by atoms with van der Waals surface area (Å²) >= 11 is 0. The number of benzene rings is 1. The molecule has 28 heavy (non-hydrogen) atoms. The first-order valence-electron chi connectivity index (χ1n) is 9.48. The second-order valence-corrected chi connectivity index (χ2v) is 7.31. The third-order valence-electron chi connectivity index (χ3n) is 4.74. The molecule has 1 saturated heterocycles. The monoisotopic (exact) mass is 392 g/mol. The fraction of sp³-hybridized carbons (Fsp3) is 0.550. The summed E-state index contributed by atoms with van der Waals surface area (Å²) in [7, 11) is 0. The predicted octanol–water partition coefficient (Wildman–Crippen LogP) is 2.18. The average molecular weight is 392 g/mol. The smallest absolute Gasteiger partial charge is 0.408 e. The van der Waals surface area contributed by atoms with Gasteiger partial charge in [-0.1, -0.05) is 26.0 Å². The zero-order valence-corrected chi connectivity index (χ0v) is 16.3. The molecule has 8 heteroatoms. The zero-order chi connectivity index (χ0) is 20.7. The summed E-state index contributed by atoms with van der Waals surface area (Å²) in [4.78, 5) is 38.3. The Labute approximate surface area is 164 Å². The molecule has 2 N–H and O–H groups in total. The van der Waals surface area contributed by atoms with E-state index in [0.717, 1.165) is 10.5 Å². The minimum absolute atomic E-state index is 0.0510. The summed E-state index contributed by atoms with van der Waals surface area (Å²) in [6, 6.07) is 5.94. The quantitative estimate of drug-likeness (QED) is 0.702. The molecule has 1 heterocycles. The SMILES string of the molecule is CC(C)CC(C(=O)O)N(CCc1ccc(C(=O)N2CCOCC2)cc1)C(=O)O. The average Bonchev–Trinajstić information content (AvgIpc) is 2.67. The summed E-state index contributed by atoms with van der Waals surface area (Å²) in [6.45, 7) is 6.02. The molecule has 0 aliphatic carbocycles. The van der Waals surface area contributed by atoms with Crippen LogP contribution in [0.4, 0.5) is 4.79 Å². The maximum atomic E-state index is 12.5. The number of amides is 2. The van der Waals surface area contributed by atoms with Crippen molar-refractivity contribution in [2.45, 2.75) is 32.7 Å². The van der Waals surface area contributed by atoms with Crippen LogP contribution in [-0.2, 0) is 16.0 Å². The van der Waals surface area contributed by atoms with Gasteiger partial charge in [0, 0.05) is 25.2 Å². The number of carbonyl (C=O) groups excluding carboxylic acids is 1. The molecule has 1 atom stereocenters. The van der Waals surface area contributed by atoms with Crippen LogP contribution >= 0.6 is 0 Å². The first-order chi connectivity index (χ1) is 13.3. The van der Waals surface area contributed by atoms with Crippen LogP contribution in [0.3, 0.4) is 0 Å². The number of carboxylic acid groups (broad SMARTS) is 2. The van der Waals surface area contributed by atoms with Gasteiger partial charge in [0.15, 0.2) is 0 Å². The number of nitrogens with zero attached hydrogens (tertiary/aromatic N) is 2. The molecule has 2 rings (SSSR count). The number of carbonyl (C=O) groups is 3. The second kappa shape index (κ2) is 10.1. The van der Waals surface area contributed by atoms with Crippen LogP contribution in [0.1, 0.15) is 36.2 Å². The molecule has 154 valence electrons. The molecular formula is C20H28N2O6. The van der Waals surface area contributed by atoms with Gasteiger partial charge in [0.25, 0.3) is 5.91 Å². The highest BCUT2D eigenvalue weighted by Crippen LogP contribution is 2.15. The molecule has 1 aromatic carbocycles. The van der Waals surface area contributed by atoms with Crippen LogP contribution in [-0.4, -0.2) is 76.9 Å². The molecule has 1 fully saturated rings. The molecule has 0 spiro atoms. The largest absolute Gasteiger partial charge is 0.480 e. The van der Waals surface area contributed by atoms with Crippen molar-refractivity contribution in [3.8, 4) is 0 Å². The maximum Gasteiger partial charge on any atom is 0.408 e. The van der Waals surface area contributed by atoms with E-state index in [0.29, 0.717) is 38.3 Å². The van der Waals surface area contributed by atoms with Crippen molar-refractivity contribution in [2.75, 3.05) is 32.8 Å². The summed E-state index contributed by atoms with van der Waals surface area (Å²) in [5.74, 6) is -1.12. The number of morpholine rings is 1. The number of rotatable bonds is 8. The Morgan fingerprint density at radius 3 is 2.21 bits per heavy atom. The first kappa shape index (κ1) is 21.7. The van der Waals surface area contributed by atoms with Gasteiger partial charge in [0.05, 0.1) is 13.2 Å². The number of aliphatic carboxylic acids is 1. The minimum atomic E-state index is -1.24. The molecule has 2 amide bonds. The topological polar surface area (TPSA) is 107 Å². The van der Waals surface area contributed by atoms with Crippen molar-refractivity contribution in [1.29, 1.82) is 0 Å². The Morgan fingerprint density at radius 2 is 1.71 bits per heavy atom. The van der Waals surface area contributed by atoms with Crippen molar-refractivity contribution in [2.24, 2.45) is 5.92 Å². The first-order valence-corrected chi connectivity index (χ1v) is 9.48. The van der Waals surface area contributed by atoms with Crippen molar-refractivity contribution >= 4 is 18.0 Å². The molecule has 1 aromatic rings. The van der Waals surface area contributed by atoms with E-state index in [4.69, 9.17) is 4.74 Å². The highest BCUT2D eigenvalue weighted by Gasteiger charge is 2.30. The van der Waals surface area contributed by atoms with Crippen LogP contribution in [0.25, 0.3) is 0 Å². The van der Waals surface area contributed by atoms with Crippen LogP contribution < -0.4 is 0 Å². The maximum absolute atomic E-state index is 12.5. The standard InChI is InChI=1S/C20H28N2O6/c1-14(2)13-17(19(24)25)22(20(26)27)8-7-15-3-5-16(6-4-15)18(23)21-9-11-28-12-10-21/h3-6,14,17H,7-13H2,1-2H3,(H,24,25)(H,26,27). The van der Waals surface area contributed by atoms with Crippen LogP contribution in [0, 0.1) is 5.92 Å². The van der Waals surface area contributed by atoms with Crippen molar-refractivity contribution < 1.29 is 29.3 Å². The zero-order valence-electron chi connectivity index (χ0n) is 16.3. The van der Waals surface area contributed by atoms with Gasteiger partial charge in [-0.25, -0.2) is 9.59 Å². The lowest BCUT2D eigenvalue weighted by atomic mass is 10.0. The molecule has 0 aromatic heterocycles. The van der Waals surface area contributed by atoms with E-state index < -0.39 is 18.1 Å². The van der Waals surface area contributed by atoms with Gasteiger partial charge in [-0.2, -0.15) is 0 Å². The number of ether oxygens (including phenoxy) is 1. The van der Waals surface area contributed by atoms with Gasteiger partial charge in [0.1, 0.15) is 6.04 Å². The Bertz CT molecular complexity index is 682. The van der Waals surface area contributed by atoms with E-state index in [9.17, 15) is 24.6 Å².